The van der Waals surface area contributed by atoms with Gasteiger partial charge in [0.05, 0.1) is 12.7 Å². The molecule has 6 nitrogen and oxygen atoms in total. The minimum absolute atomic E-state index is 0.0310. The first-order chi connectivity index (χ1) is 13.4. The zero-order chi connectivity index (χ0) is 20.1. The lowest BCUT2D eigenvalue weighted by Gasteiger charge is -2.09. The largest absolute Gasteiger partial charge is 0.491 e. The highest BCUT2D eigenvalue weighted by Crippen LogP contribution is 2.28. The molecule has 0 aliphatic rings. The lowest BCUT2D eigenvalue weighted by atomic mass is 10.1. The summed E-state index contributed by atoms with van der Waals surface area (Å²) in [5, 5.41) is 10.1. The number of rotatable bonds is 8. The van der Waals surface area contributed by atoms with Crippen molar-refractivity contribution in [1.29, 1.82) is 0 Å². The molecule has 0 radical (unpaired) electrons. The number of hydrogen-bond acceptors (Lipinski definition) is 4. The van der Waals surface area contributed by atoms with Crippen LogP contribution >= 0.6 is 11.6 Å². The van der Waals surface area contributed by atoms with Crippen molar-refractivity contribution in [2.75, 3.05) is 13.2 Å². The normalized spacial score (nSPS) is 11.0. The van der Waals surface area contributed by atoms with E-state index in [0.29, 0.717) is 41.1 Å². The van der Waals surface area contributed by atoms with Crippen LogP contribution in [0.5, 0.6) is 5.75 Å². The van der Waals surface area contributed by atoms with E-state index in [2.05, 4.69) is 9.97 Å². The standard InChI is InChI=1S/C21H21ClN2O4/c1-13(2)27-11-12-28-17-9-5-15(6-10-17)20-23-18(19(24-20)21(25)26)14-3-7-16(22)8-4-14/h3-10,13H,11-12H2,1-2H3,(H,23,24)(H,25,26). The number of carboxylic acid groups (broad SMARTS) is 1. The summed E-state index contributed by atoms with van der Waals surface area (Å²) in [6.07, 6.45) is 0.170. The lowest BCUT2D eigenvalue weighted by molar-refractivity contribution is 0.0552. The summed E-state index contributed by atoms with van der Waals surface area (Å²) in [5.74, 6) is 0.102. The molecule has 28 heavy (non-hydrogen) atoms. The molecule has 0 amide bonds. The number of benzene rings is 2. The van der Waals surface area contributed by atoms with Gasteiger partial charge in [-0.3, -0.25) is 0 Å². The van der Waals surface area contributed by atoms with Gasteiger partial charge in [-0.05, 0) is 50.2 Å². The van der Waals surface area contributed by atoms with Crippen molar-refractivity contribution in [3.8, 4) is 28.4 Å². The summed E-state index contributed by atoms with van der Waals surface area (Å²) < 4.78 is 11.1. The van der Waals surface area contributed by atoms with Crippen LogP contribution in [0.15, 0.2) is 48.5 Å². The molecule has 1 heterocycles. The molecule has 0 aliphatic carbocycles. The van der Waals surface area contributed by atoms with Gasteiger partial charge in [0.15, 0.2) is 5.69 Å². The van der Waals surface area contributed by atoms with Gasteiger partial charge in [0.1, 0.15) is 23.9 Å². The monoisotopic (exact) mass is 400 g/mol. The van der Waals surface area contributed by atoms with Crippen LogP contribution in [0.3, 0.4) is 0 Å². The van der Waals surface area contributed by atoms with Crippen molar-refractivity contribution >= 4 is 17.6 Å². The van der Waals surface area contributed by atoms with Gasteiger partial charge < -0.3 is 19.6 Å². The van der Waals surface area contributed by atoms with Gasteiger partial charge in [-0.25, -0.2) is 9.78 Å². The van der Waals surface area contributed by atoms with Crippen LogP contribution in [0.4, 0.5) is 0 Å². The quantitative estimate of drug-likeness (QED) is 0.525. The fourth-order valence-corrected chi connectivity index (χ4v) is 2.76. The Morgan fingerprint density at radius 3 is 2.32 bits per heavy atom. The molecule has 0 atom stereocenters. The zero-order valence-corrected chi connectivity index (χ0v) is 16.4. The van der Waals surface area contributed by atoms with Crippen molar-refractivity contribution in [3.63, 3.8) is 0 Å². The number of ether oxygens (including phenoxy) is 2. The van der Waals surface area contributed by atoms with Gasteiger partial charge in [0.2, 0.25) is 0 Å². The van der Waals surface area contributed by atoms with Gasteiger partial charge in [-0.1, -0.05) is 23.7 Å². The molecule has 3 aromatic rings. The highest BCUT2D eigenvalue weighted by atomic mass is 35.5. The Labute approximate surface area is 168 Å². The molecule has 0 unspecified atom stereocenters. The smallest absolute Gasteiger partial charge is 0.354 e. The van der Waals surface area contributed by atoms with E-state index in [1.54, 1.807) is 24.3 Å². The summed E-state index contributed by atoms with van der Waals surface area (Å²) in [5.41, 5.74) is 1.83. The van der Waals surface area contributed by atoms with Crippen molar-refractivity contribution in [1.82, 2.24) is 9.97 Å². The average molecular weight is 401 g/mol. The van der Waals surface area contributed by atoms with Gasteiger partial charge in [0.25, 0.3) is 0 Å². The third-order valence-corrected chi connectivity index (χ3v) is 4.22. The van der Waals surface area contributed by atoms with Crippen LogP contribution in [0.1, 0.15) is 24.3 Å². The molecule has 3 rings (SSSR count). The lowest BCUT2D eigenvalue weighted by Crippen LogP contribution is -2.11. The third-order valence-electron chi connectivity index (χ3n) is 3.97. The Morgan fingerprint density at radius 1 is 1.07 bits per heavy atom. The Hall–Kier alpha value is -2.83. The van der Waals surface area contributed by atoms with E-state index in [0.717, 1.165) is 5.56 Å². The Kier molecular flexibility index (Phi) is 6.34. The zero-order valence-electron chi connectivity index (χ0n) is 15.6. The fraction of sp³-hybridized carbons (Fsp3) is 0.238. The second-order valence-electron chi connectivity index (χ2n) is 6.41. The second-order valence-corrected chi connectivity index (χ2v) is 6.85. The van der Waals surface area contributed by atoms with E-state index < -0.39 is 5.97 Å². The van der Waals surface area contributed by atoms with Crippen molar-refractivity contribution in [2.24, 2.45) is 0 Å². The van der Waals surface area contributed by atoms with Crippen LogP contribution in [-0.2, 0) is 4.74 Å². The van der Waals surface area contributed by atoms with Gasteiger partial charge in [-0.2, -0.15) is 0 Å². The summed E-state index contributed by atoms with van der Waals surface area (Å²) >= 11 is 5.91. The molecule has 7 heteroatoms. The third kappa shape index (κ3) is 4.91. The summed E-state index contributed by atoms with van der Waals surface area (Å²) in [4.78, 5) is 19.0. The first-order valence-electron chi connectivity index (χ1n) is 8.88. The molecule has 2 aromatic carbocycles. The fourth-order valence-electron chi connectivity index (χ4n) is 2.63. The minimum Gasteiger partial charge on any atom is -0.491 e. The number of H-pyrrole nitrogens is 1. The van der Waals surface area contributed by atoms with Crippen molar-refractivity contribution in [3.05, 3.63) is 59.2 Å². The number of aromatic carboxylic acids is 1. The number of nitrogens with one attached hydrogen (secondary N) is 1. The Balaban J connectivity index is 1.79. The van der Waals surface area contributed by atoms with Crippen molar-refractivity contribution in [2.45, 2.75) is 20.0 Å². The molecule has 0 fully saturated rings. The molecule has 0 aliphatic heterocycles. The van der Waals surface area contributed by atoms with Gasteiger partial charge >= 0.3 is 5.97 Å². The first-order valence-corrected chi connectivity index (χ1v) is 9.26. The van der Waals surface area contributed by atoms with Crippen LogP contribution in [0.25, 0.3) is 22.6 Å². The topological polar surface area (TPSA) is 84.4 Å². The highest BCUT2D eigenvalue weighted by molar-refractivity contribution is 6.30. The maximum absolute atomic E-state index is 11.6. The SMILES string of the molecule is CC(C)OCCOc1ccc(-c2nc(-c3ccc(Cl)cc3)c(C(=O)O)[nH]2)cc1. The molecule has 0 saturated carbocycles. The van der Waals surface area contributed by atoms with E-state index in [1.807, 2.05) is 38.1 Å². The molecule has 1 aromatic heterocycles. The van der Waals surface area contributed by atoms with E-state index in [1.165, 1.54) is 0 Å². The maximum Gasteiger partial charge on any atom is 0.354 e. The van der Waals surface area contributed by atoms with Crippen LogP contribution in [-0.4, -0.2) is 40.4 Å². The van der Waals surface area contributed by atoms with Gasteiger partial charge in [0, 0.05) is 16.1 Å². The number of imidazole rings is 1. The average Bonchev–Trinajstić information content (AvgIpc) is 3.12. The molecule has 146 valence electrons. The number of hydrogen-bond donors (Lipinski definition) is 2. The predicted octanol–water partition coefficient (Wildman–Crippen LogP) is 4.90. The van der Waals surface area contributed by atoms with E-state index in [4.69, 9.17) is 21.1 Å². The molecular formula is C21H21ClN2O4. The van der Waals surface area contributed by atoms with Crippen LogP contribution in [0, 0.1) is 0 Å². The minimum atomic E-state index is -1.08. The van der Waals surface area contributed by atoms with E-state index in [-0.39, 0.29) is 11.8 Å². The molecular weight excluding hydrogens is 380 g/mol. The highest BCUT2D eigenvalue weighted by Gasteiger charge is 2.18. The van der Waals surface area contributed by atoms with E-state index in [9.17, 15) is 9.90 Å². The van der Waals surface area contributed by atoms with Crippen molar-refractivity contribution < 1.29 is 19.4 Å². The number of halogens is 1. The number of aromatic nitrogens is 2. The van der Waals surface area contributed by atoms with Crippen LogP contribution in [0.2, 0.25) is 5.02 Å². The predicted molar refractivity (Wildman–Crippen MR) is 108 cm³/mol. The number of aromatic amines is 1. The summed E-state index contributed by atoms with van der Waals surface area (Å²) in [6.45, 7) is 4.93. The van der Waals surface area contributed by atoms with E-state index >= 15 is 0 Å². The molecule has 0 spiro atoms. The number of nitrogens with zero attached hydrogens (tertiary/aromatic N) is 1. The second kappa shape index (κ2) is 8.91. The number of carbonyl (C=O) groups is 1. The number of carboxylic acids is 1. The molecule has 2 N–H and O–H groups in total. The molecule has 0 bridgehead atoms. The Bertz CT molecular complexity index is 934. The maximum atomic E-state index is 11.6. The summed E-state index contributed by atoms with van der Waals surface area (Å²) in [6, 6.07) is 14.2. The van der Waals surface area contributed by atoms with Gasteiger partial charge in [-0.15, -0.1) is 0 Å². The first kappa shape index (κ1) is 19.9. The Morgan fingerprint density at radius 2 is 1.71 bits per heavy atom. The summed E-state index contributed by atoms with van der Waals surface area (Å²) in [7, 11) is 0. The van der Waals surface area contributed by atoms with Crippen LogP contribution < -0.4 is 4.74 Å². The molecule has 0 saturated heterocycles.